The number of amides is 1. The highest BCUT2D eigenvalue weighted by Gasteiger charge is 2.33. The van der Waals surface area contributed by atoms with Gasteiger partial charge >= 0.3 is 6.18 Å². The van der Waals surface area contributed by atoms with Gasteiger partial charge in [-0.3, -0.25) is 4.79 Å². The Labute approximate surface area is 128 Å². The molecule has 0 heterocycles. The van der Waals surface area contributed by atoms with E-state index in [-0.39, 0.29) is 29.6 Å². The fourth-order valence-corrected chi connectivity index (χ4v) is 1.81. The van der Waals surface area contributed by atoms with E-state index in [1.165, 1.54) is 19.1 Å². The summed E-state index contributed by atoms with van der Waals surface area (Å²) in [6.07, 6.45) is -3.72. The maximum atomic E-state index is 12.8. The molecule has 7 heteroatoms. The Morgan fingerprint density at radius 2 is 1.95 bits per heavy atom. The smallest absolute Gasteiger partial charge is 0.324 e. The lowest BCUT2D eigenvalue weighted by molar-refractivity contribution is -0.138. The molecule has 0 fully saturated rings. The zero-order valence-corrected chi connectivity index (χ0v) is 12.9. The largest absolute Gasteiger partial charge is 0.416 e. The minimum atomic E-state index is -4.44. The van der Waals surface area contributed by atoms with Gasteiger partial charge in [-0.2, -0.15) is 13.2 Å². The number of benzene rings is 1. The van der Waals surface area contributed by atoms with Crippen molar-refractivity contribution in [3.05, 3.63) is 29.3 Å². The minimum absolute atomic E-state index is 0. The van der Waals surface area contributed by atoms with Gasteiger partial charge in [0.1, 0.15) is 0 Å². The number of rotatable bonds is 4. The molecule has 21 heavy (non-hydrogen) atoms. The molecule has 0 aromatic heterocycles. The molecule has 0 aliphatic carbocycles. The minimum Gasteiger partial charge on any atom is -0.324 e. The standard InChI is InChI=1S/C14H19F3N2O.ClH/c1-4-8(2)12(18)13(20)19-11-7-5-6-10(9(11)3)14(15,16)17;/h5-8,12H,4,18H2,1-3H3,(H,19,20);1H. The summed E-state index contributed by atoms with van der Waals surface area (Å²) in [6.45, 7) is 5.05. The van der Waals surface area contributed by atoms with Crippen LogP contribution in [0.4, 0.5) is 18.9 Å². The number of anilines is 1. The number of hydrogen-bond acceptors (Lipinski definition) is 2. The maximum absolute atomic E-state index is 12.8. The van der Waals surface area contributed by atoms with Crippen LogP contribution in [0.5, 0.6) is 0 Å². The van der Waals surface area contributed by atoms with E-state index in [1.807, 2.05) is 13.8 Å². The zero-order valence-electron chi connectivity index (χ0n) is 12.1. The van der Waals surface area contributed by atoms with Gasteiger partial charge in [-0.1, -0.05) is 26.3 Å². The normalized spacial score (nSPS) is 14.0. The number of hydrogen-bond donors (Lipinski definition) is 2. The van der Waals surface area contributed by atoms with E-state index in [4.69, 9.17) is 5.73 Å². The Bertz CT molecular complexity index is 492. The molecule has 120 valence electrons. The molecule has 2 atom stereocenters. The van der Waals surface area contributed by atoms with Gasteiger partial charge in [0.05, 0.1) is 11.6 Å². The third kappa shape index (κ3) is 4.89. The second-order valence-electron chi connectivity index (χ2n) is 4.88. The molecule has 1 aromatic rings. The summed E-state index contributed by atoms with van der Waals surface area (Å²) in [5.41, 5.74) is 5.13. The highest BCUT2D eigenvalue weighted by Crippen LogP contribution is 2.34. The van der Waals surface area contributed by atoms with E-state index in [1.54, 1.807) is 0 Å². The molecule has 0 bridgehead atoms. The monoisotopic (exact) mass is 324 g/mol. The van der Waals surface area contributed by atoms with E-state index in [2.05, 4.69) is 5.32 Å². The number of carbonyl (C=O) groups is 1. The Hall–Kier alpha value is -1.27. The maximum Gasteiger partial charge on any atom is 0.416 e. The average molecular weight is 325 g/mol. The quantitative estimate of drug-likeness (QED) is 0.886. The second-order valence-corrected chi connectivity index (χ2v) is 4.88. The molecule has 3 N–H and O–H groups in total. The molecule has 0 aliphatic heterocycles. The van der Waals surface area contributed by atoms with Crippen molar-refractivity contribution in [2.45, 2.75) is 39.4 Å². The molecule has 0 radical (unpaired) electrons. The van der Waals surface area contributed by atoms with Gasteiger partial charge in [-0.05, 0) is 30.5 Å². The molecule has 1 aromatic carbocycles. The van der Waals surface area contributed by atoms with Gasteiger partial charge in [0.15, 0.2) is 0 Å². The molecule has 3 nitrogen and oxygen atoms in total. The topological polar surface area (TPSA) is 55.1 Å². The van der Waals surface area contributed by atoms with E-state index in [0.29, 0.717) is 0 Å². The first-order valence-electron chi connectivity index (χ1n) is 6.41. The molecule has 1 amide bonds. The van der Waals surface area contributed by atoms with Crippen LogP contribution in [0.1, 0.15) is 31.4 Å². The molecular weight excluding hydrogens is 305 g/mol. The first kappa shape index (κ1) is 19.7. The first-order valence-corrected chi connectivity index (χ1v) is 6.41. The summed E-state index contributed by atoms with van der Waals surface area (Å²) in [4.78, 5) is 11.9. The van der Waals surface area contributed by atoms with Gasteiger partial charge in [0.2, 0.25) is 5.91 Å². The van der Waals surface area contributed by atoms with Crippen LogP contribution in [-0.4, -0.2) is 11.9 Å². The Kier molecular flexibility index (Phi) is 7.19. The van der Waals surface area contributed by atoms with E-state index in [0.717, 1.165) is 12.5 Å². The predicted molar refractivity (Wildman–Crippen MR) is 79.5 cm³/mol. The molecule has 0 saturated heterocycles. The fourth-order valence-electron chi connectivity index (χ4n) is 1.81. The van der Waals surface area contributed by atoms with Crippen molar-refractivity contribution in [3.8, 4) is 0 Å². The van der Waals surface area contributed by atoms with Gasteiger partial charge in [-0.15, -0.1) is 12.4 Å². The van der Waals surface area contributed by atoms with E-state index >= 15 is 0 Å². The lowest BCUT2D eigenvalue weighted by Crippen LogP contribution is -2.40. The van der Waals surface area contributed by atoms with Crippen molar-refractivity contribution in [3.63, 3.8) is 0 Å². The van der Waals surface area contributed by atoms with Gasteiger partial charge < -0.3 is 11.1 Å². The van der Waals surface area contributed by atoms with Crippen LogP contribution in [0, 0.1) is 12.8 Å². The van der Waals surface area contributed by atoms with Crippen LogP contribution >= 0.6 is 12.4 Å². The zero-order chi connectivity index (χ0) is 15.5. The molecule has 1 rings (SSSR count). The Morgan fingerprint density at radius 1 is 1.38 bits per heavy atom. The van der Waals surface area contributed by atoms with Crippen LogP contribution in [0.15, 0.2) is 18.2 Å². The van der Waals surface area contributed by atoms with Crippen LogP contribution < -0.4 is 11.1 Å². The summed E-state index contributed by atoms with van der Waals surface area (Å²) in [7, 11) is 0. The lowest BCUT2D eigenvalue weighted by atomic mass is 9.99. The van der Waals surface area contributed by atoms with Crippen LogP contribution in [0.3, 0.4) is 0 Å². The Morgan fingerprint density at radius 3 is 2.43 bits per heavy atom. The number of nitrogens with two attached hydrogens (primary N) is 1. The van der Waals surface area contributed by atoms with Crippen molar-refractivity contribution in [1.82, 2.24) is 0 Å². The molecule has 2 unspecified atom stereocenters. The van der Waals surface area contributed by atoms with Gasteiger partial charge in [-0.25, -0.2) is 0 Å². The fraction of sp³-hybridized carbons (Fsp3) is 0.500. The summed E-state index contributed by atoms with van der Waals surface area (Å²) >= 11 is 0. The number of halogens is 4. The summed E-state index contributed by atoms with van der Waals surface area (Å²) in [6, 6.07) is 2.94. The third-order valence-corrected chi connectivity index (χ3v) is 3.46. The summed E-state index contributed by atoms with van der Waals surface area (Å²) in [5, 5.41) is 2.47. The van der Waals surface area contributed by atoms with Crippen LogP contribution in [0.25, 0.3) is 0 Å². The van der Waals surface area contributed by atoms with Crippen molar-refractivity contribution < 1.29 is 18.0 Å². The van der Waals surface area contributed by atoms with Crippen molar-refractivity contribution >= 4 is 24.0 Å². The summed E-state index contributed by atoms with van der Waals surface area (Å²) < 4.78 is 38.3. The third-order valence-electron chi connectivity index (χ3n) is 3.46. The molecule has 0 spiro atoms. The average Bonchev–Trinajstić information content (AvgIpc) is 2.37. The van der Waals surface area contributed by atoms with Gasteiger partial charge in [0, 0.05) is 5.69 Å². The second kappa shape index (κ2) is 7.66. The van der Waals surface area contributed by atoms with Crippen LogP contribution in [0.2, 0.25) is 0 Å². The molecule has 0 aliphatic rings. The van der Waals surface area contributed by atoms with E-state index < -0.39 is 23.7 Å². The summed E-state index contributed by atoms with van der Waals surface area (Å²) in [5.74, 6) is -0.511. The highest BCUT2D eigenvalue weighted by atomic mass is 35.5. The van der Waals surface area contributed by atoms with Crippen molar-refractivity contribution in [2.24, 2.45) is 11.7 Å². The van der Waals surface area contributed by atoms with Gasteiger partial charge in [0.25, 0.3) is 0 Å². The van der Waals surface area contributed by atoms with E-state index in [9.17, 15) is 18.0 Å². The van der Waals surface area contributed by atoms with Crippen molar-refractivity contribution in [1.29, 1.82) is 0 Å². The molecular formula is C14H20ClF3N2O. The SMILES string of the molecule is CCC(C)C(N)C(=O)Nc1cccc(C(F)(F)F)c1C.Cl. The predicted octanol–water partition coefficient (Wildman–Crippen LogP) is 3.75. The first-order chi connectivity index (χ1) is 9.18. The highest BCUT2D eigenvalue weighted by molar-refractivity contribution is 5.95. The lowest BCUT2D eigenvalue weighted by Gasteiger charge is -2.19. The Balaban J connectivity index is 0.00000400. The van der Waals surface area contributed by atoms with Crippen molar-refractivity contribution in [2.75, 3.05) is 5.32 Å². The number of alkyl halides is 3. The number of carbonyl (C=O) groups excluding carboxylic acids is 1. The number of nitrogens with one attached hydrogen (secondary N) is 1. The van der Waals surface area contributed by atoms with Crippen LogP contribution in [-0.2, 0) is 11.0 Å². The molecule has 0 saturated carbocycles.